The predicted octanol–water partition coefficient (Wildman–Crippen LogP) is 4.58. The lowest BCUT2D eigenvalue weighted by molar-refractivity contribution is 0.185. The lowest BCUT2D eigenvalue weighted by atomic mass is 10.2. The monoisotopic (exact) mass is 325 g/mol. The molecule has 0 amide bonds. The molecule has 0 aliphatic carbocycles. The SMILES string of the molecule is COCc1cccc(NCc2cc(Br)c(C)s2)c1. The summed E-state index contributed by atoms with van der Waals surface area (Å²) in [6.45, 7) is 3.63. The zero-order valence-corrected chi connectivity index (χ0v) is 12.9. The van der Waals surface area contributed by atoms with Crippen LogP contribution in [-0.2, 0) is 17.9 Å². The van der Waals surface area contributed by atoms with E-state index < -0.39 is 0 Å². The Balaban J connectivity index is 1.99. The molecule has 0 bridgehead atoms. The van der Waals surface area contributed by atoms with Gasteiger partial charge in [0.1, 0.15) is 0 Å². The van der Waals surface area contributed by atoms with Crippen LogP contribution in [0.2, 0.25) is 0 Å². The fraction of sp³-hybridized carbons (Fsp3) is 0.286. The zero-order chi connectivity index (χ0) is 13.0. The van der Waals surface area contributed by atoms with Crippen molar-refractivity contribution in [2.24, 2.45) is 0 Å². The smallest absolute Gasteiger partial charge is 0.0713 e. The van der Waals surface area contributed by atoms with E-state index in [0.29, 0.717) is 6.61 Å². The van der Waals surface area contributed by atoms with E-state index in [0.717, 1.165) is 12.2 Å². The molecule has 18 heavy (non-hydrogen) atoms. The maximum Gasteiger partial charge on any atom is 0.0713 e. The van der Waals surface area contributed by atoms with Gasteiger partial charge in [0.15, 0.2) is 0 Å². The van der Waals surface area contributed by atoms with Crippen LogP contribution in [0.5, 0.6) is 0 Å². The summed E-state index contributed by atoms with van der Waals surface area (Å²) in [6, 6.07) is 10.5. The molecule has 0 spiro atoms. The van der Waals surface area contributed by atoms with E-state index in [2.05, 4.69) is 52.4 Å². The number of benzene rings is 1. The molecular formula is C14H16BrNOS. The molecule has 0 saturated carbocycles. The number of rotatable bonds is 5. The minimum Gasteiger partial charge on any atom is -0.380 e. The quantitative estimate of drug-likeness (QED) is 0.868. The van der Waals surface area contributed by atoms with Crippen LogP contribution in [0.3, 0.4) is 0 Å². The van der Waals surface area contributed by atoms with Crippen LogP contribution in [-0.4, -0.2) is 7.11 Å². The predicted molar refractivity (Wildman–Crippen MR) is 81.2 cm³/mol. The van der Waals surface area contributed by atoms with Crippen molar-refractivity contribution in [3.05, 3.63) is 50.1 Å². The molecule has 0 radical (unpaired) electrons. The van der Waals surface area contributed by atoms with Crippen LogP contribution in [0.4, 0.5) is 5.69 Å². The van der Waals surface area contributed by atoms with Crippen molar-refractivity contribution in [3.63, 3.8) is 0 Å². The van der Waals surface area contributed by atoms with Crippen molar-refractivity contribution in [1.29, 1.82) is 0 Å². The van der Waals surface area contributed by atoms with Crippen molar-refractivity contribution >= 4 is 33.0 Å². The average Bonchev–Trinajstić information content (AvgIpc) is 2.67. The molecule has 1 heterocycles. The van der Waals surface area contributed by atoms with Gasteiger partial charge in [-0.3, -0.25) is 0 Å². The Morgan fingerprint density at radius 1 is 1.33 bits per heavy atom. The van der Waals surface area contributed by atoms with E-state index in [9.17, 15) is 0 Å². The molecule has 2 nitrogen and oxygen atoms in total. The van der Waals surface area contributed by atoms with Crippen LogP contribution in [0, 0.1) is 6.92 Å². The highest BCUT2D eigenvalue weighted by Crippen LogP contribution is 2.27. The van der Waals surface area contributed by atoms with E-state index in [4.69, 9.17) is 4.74 Å². The van der Waals surface area contributed by atoms with E-state index >= 15 is 0 Å². The van der Waals surface area contributed by atoms with Crippen molar-refractivity contribution in [1.82, 2.24) is 0 Å². The lowest BCUT2D eigenvalue weighted by Crippen LogP contribution is -1.98. The van der Waals surface area contributed by atoms with Gasteiger partial charge in [-0.05, 0) is 46.6 Å². The van der Waals surface area contributed by atoms with Gasteiger partial charge in [-0.25, -0.2) is 0 Å². The number of aryl methyl sites for hydroxylation is 1. The maximum absolute atomic E-state index is 5.13. The molecule has 0 atom stereocenters. The maximum atomic E-state index is 5.13. The molecule has 1 aromatic carbocycles. The second kappa shape index (κ2) is 6.36. The highest BCUT2D eigenvalue weighted by Gasteiger charge is 2.02. The lowest BCUT2D eigenvalue weighted by Gasteiger charge is -2.07. The summed E-state index contributed by atoms with van der Waals surface area (Å²) < 4.78 is 6.32. The van der Waals surface area contributed by atoms with Gasteiger partial charge < -0.3 is 10.1 Å². The number of halogens is 1. The number of hydrogen-bond acceptors (Lipinski definition) is 3. The molecular weight excluding hydrogens is 310 g/mol. The molecule has 1 N–H and O–H groups in total. The summed E-state index contributed by atoms with van der Waals surface area (Å²) >= 11 is 5.35. The van der Waals surface area contributed by atoms with E-state index in [-0.39, 0.29) is 0 Å². The molecule has 2 aromatic rings. The molecule has 2 rings (SSSR count). The third-order valence-electron chi connectivity index (χ3n) is 2.61. The van der Waals surface area contributed by atoms with Crippen molar-refractivity contribution in [2.45, 2.75) is 20.1 Å². The highest BCUT2D eigenvalue weighted by atomic mass is 79.9. The Kier molecular flexibility index (Phi) is 4.80. The Morgan fingerprint density at radius 3 is 2.83 bits per heavy atom. The molecule has 0 fully saturated rings. The topological polar surface area (TPSA) is 21.3 Å². The number of ether oxygens (including phenoxy) is 1. The molecule has 0 saturated heterocycles. The van der Waals surface area contributed by atoms with Gasteiger partial charge >= 0.3 is 0 Å². The van der Waals surface area contributed by atoms with Gasteiger partial charge in [0, 0.05) is 33.6 Å². The standard InChI is InChI=1S/C14H16BrNOS/c1-10-14(15)7-13(18-10)8-16-12-5-3-4-11(6-12)9-17-2/h3-7,16H,8-9H2,1-2H3. The normalized spacial score (nSPS) is 10.6. The first-order chi connectivity index (χ1) is 8.69. The fourth-order valence-electron chi connectivity index (χ4n) is 1.73. The third-order valence-corrected chi connectivity index (χ3v) is 4.75. The van der Waals surface area contributed by atoms with Gasteiger partial charge in [-0.15, -0.1) is 11.3 Å². The molecule has 0 aliphatic rings. The van der Waals surface area contributed by atoms with Crippen molar-refractivity contribution in [3.8, 4) is 0 Å². The molecule has 96 valence electrons. The summed E-state index contributed by atoms with van der Waals surface area (Å²) in [6.07, 6.45) is 0. The Labute approximate surface area is 120 Å². The van der Waals surface area contributed by atoms with Crippen LogP contribution < -0.4 is 5.32 Å². The first kappa shape index (κ1) is 13.6. The molecule has 1 aromatic heterocycles. The van der Waals surface area contributed by atoms with Crippen molar-refractivity contribution < 1.29 is 4.74 Å². The number of nitrogens with one attached hydrogen (secondary N) is 1. The van der Waals surface area contributed by atoms with Gasteiger partial charge in [0.05, 0.1) is 6.61 Å². The summed E-state index contributed by atoms with van der Waals surface area (Å²) in [5.74, 6) is 0. The second-order valence-corrected chi connectivity index (χ2v) is 6.30. The number of hydrogen-bond donors (Lipinski definition) is 1. The van der Waals surface area contributed by atoms with E-state index in [1.807, 2.05) is 17.4 Å². The summed E-state index contributed by atoms with van der Waals surface area (Å²) in [5, 5.41) is 3.43. The molecule has 0 aliphatic heterocycles. The minimum absolute atomic E-state index is 0.652. The van der Waals surface area contributed by atoms with Gasteiger partial charge in [0.25, 0.3) is 0 Å². The fourth-order valence-corrected chi connectivity index (χ4v) is 3.27. The Hall–Kier alpha value is -0.840. The summed E-state index contributed by atoms with van der Waals surface area (Å²) in [5.41, 5.74) is 2.32. The Morgan fingerprint density at radius 2 is 2.17 bits per heavy atom. The van der Waals surface area contributed by atoms with Gasteiger partial charge in [0.2, 0.25) is 0 Å². The van der Waals surface area contributed by atoms with Crippen LogP contribution >= 0.6 is 27.3 Å². The molecule has 4 heteroatoms. The first-order valence-electron chi connectivity index (χ1n) is 5.75. The summed E-state index contributed by atoms with van der Waals surface area (Å²) in [4.78, 5) is 2.65. The van der Waals surface area contributed by atoms with Gasteiger partial charge in [-0.2, -0.15) is 0 Å². The second-order valence-electron chi connectivity index (χ2n) is 4.10. The zero-order valence-electron chi connectivity index (χ0n) is 10.5. The number of anilines is 1. The van der Waals surface area contributed by atoms with Gasteiger partial charge in [-0.1, -0.05) is 12.1 Å². The average molecular weight is 326 g/mol. The number of methoxy groups -OCH3 is 1. The molecule has 0 unspecified atom stereocenters. The van der Waals surface area contributed by atoms with Crippen LogP contribution in [0.15, 0.2) is 34.8 Å². The highest BCUT2D eigenvalue weighted by molar-refractivity contribution is 9.10. The first-order valence-corrected chi connectivity index (χ1v) is 7.36. The van der Waals surface area contributed by atoms with E-state index in [1.165, 1.54) is 19.8 Å². The van der Waals surface area contributed by atoms with Crippen LogP contribution in [0.25, 0.3) is 0 Å². The summed E-state index contributed by atoms with van der Waals surface area (Å²) in [7, 11) is 1.71. The third kappa shape index (κ3) is 3.57. The van der Waals surface area contributed by atoms with E-state index in [1.54, 1.807) is 7.11 Å². The van der Waals surface area contributed by atoms with Crippen LogP contribution in [0.1, 0.15) is 15.3 Å². The minimum atomic E-state index is 0.652. The van der Waals surface area contributed by atoms with Crippen molar-refractivity contribution in [2.75, 3.05) is 12.4 Å². The largest absolute Gasteiger partial charge is 0.380 e. The number of thiophene rings is 1. The Bertz CT molecular complexity index is 505.